The monoisotopic (exact) mass is 864 g/mol. The Hall–Kier alpha value is -4.34. The number of ether oxygens (including phenoxy) is 1. The van der Waals surface area contributed by atoms with Crippen LogP contribution in [-0.2, 0) is 16.2 Å². The zero-order chi connectivity index (χ0) is 41.6. The molecule has 1 saturated heterocycles. The number of thioether (sulfide) groups is 1. The Morgan fingerprint density at radius 2 is 1.66 bits per heavy atom. The molecule has 2 aliphatic rings. The molecule has 0 radical (unpaired) electrons. The molecular formula is C44H48ClF3N6O3S2. The summed E-state index contributed by atoms with van der Waals surface area (Å²) in [5.41, 5.74) is 4.48. The van der Waals surface area contributed by atoms with Gasteiger partial charge in [0.25, 0.3) is 10.0 Å². The molecule has 0 amide bonds. The lowest BCUT2D eigenvalue weighted by molar-refractivity contribution is -0.139. The number of hydrogen-bond acceptors (Lipinski definition) is 9. The molecule has 1 fully saturated rings. The highest BCUT2D eigenvalue weighted by atomic mass is 35.5. The van der Waals surface area contributed by atoms with Crippen LogP contribution >= 0.6 is 23.4 Å². The number of anilines is 2. The van der Waals surface area contributed by atoms with Crippen molar-refractivity contribution in [3.8, 4) is 5.75 Å². The third-order valence-electron chi connectivity index (χ3n) is 10.7. The summed E-state index contributed by atoms with van der Waals surface area (Å²) in [4.78, 5) is 15.7. The minimum absolute atomic E-state index is 0.0285. The van der Waals surface area contributed by atoms with Crippen molar-refractivity contribution in [2.45, 2.75) is 54.2 Å². The highest BCUT2D eigenvalue weighted by molar-refractivity contribution is 7.99. The predicted octanol–water partition coefficient (Wildman–Crippen LogP) is 9.74. The maximum atomic E-state index is 14.5. The first-order valence-electron chi connectivity index (χ1n) is 19.7. The van der Waals surface area contributed by atoms with E-state index in [9.17, 15) is 21.6 Å². The summed E-state index contributed by atoms with van der Waals surface area (Å²) in [7, 11) is -0.743. The number of sulfonamides is 1. The molecule has 1 aromatic heterocycles. The van der Waals surface area contributed by atoms with Crippen LogP contribution in [0.4, 0.5) is 24.7 Å². The number of piperazine rings is 1. The minimum atomic E-state index is -4.88. The topological polar surface area (TPSA) is 90.9 Å². The van der Waals surface area contributed by atoms with Crippen molar-refractivity contribution in [3.63, 3.8) is 0 Å². The number of hydrogen-bond donors (Lipinski definition) is 1. The van der Waals surface area contributed by atoms with E-state index in [0.717, 1.165) is 73.3 Å². The van der Waals surface area contributed by atoms with E-state index in [1.807, 2.05) is 73.6 Å². The van der Waals surface area contributed by atoms with Crippen molar-refractivity contribution in [2.75, 3.05) is 68.7 Å². The summed E-state index contributed by atoms with van der Waals surface area (Å²) in [6, 6.07) is 26.1. The predicted molar refractivity (Wildman–Crippen MR) is 232 cm³/mol. The van der Waals surface area contributed by atoms with Crippen LogP contribution in [-0.4, -0.2) is 93.4 Å². The smallest absolute Gasteiger partial charge is 0.420 e. The molecule has 0 saturated carbocycles. The largest absolute Gasteiger partial charge is 0.489 e. The molecule has 1 N–H and O–H groups in total. The lowest BCUT2D eigenvalue weighted by atomic mass is 9.87. The van der Waals surface area contributed by atoms with Gasteiger partial charge < -0.3 is 14.5 Å². The molecule has 0 spiro atoms. The van der Waals surface area contributed by atoms with Crippen LogP contribution in [0.5, 0.6) is 5.75 Å². The lowest BCUT2D eigenvalue weighted by Crippen LogP contribution is -2.47. The summed E-state index contributed by atoms with van der Waals surface area (Å²) in [5.74, 6) is -0.0526. The Morgan fingerprint density at radius 3 is 2.39 bits per heavy atom. The van der Waals surface area contributed by atoms with Crippen molar-refractivity contribution in [1.82, 2.24) is 19.8 Å². The maximum Gasteiger partial charge on any atom is 0.420 e. The van der Waals surface area contributed by atoms with Crippen molar-refractivity contribution in [3.05, 3.63) is 119 Å². The number of fused-ring (bicyclic) bond motifs is 1. The summed E-state index contributed by atoms with van der Waals surface area (Å²) in [5, 5.41) is 1.17. The second-order valence-electron chi connectivity index (χ2n) is 15.2. The third-order valence-corrected chi connectivity index (χ3v) is 13.4. The van der Waals surface area contributed by atoms with Gasteiger partial charge in [0.2, 0.25) is 0 Å². The summed E-state index contributed by atoms with van der Waals surface area (Å²) in [6.07, 6.45) is 0.843. The zero-order valence-corrected chi connectivity index (χ0v) is 35.5. The van der Waals surface area contributed by atoms with E-state index >= 15 is 0 Å². The Morgan fingerprint density at radius 1 is 0.915 bits per heavy atom. The van der Waals surface area contributed by atoms with Crippen LogP contribution in [0.2, 0.25) is 5.02 Å². The van der Waals surface area contributed by atoms with E-state index in [2.05, 4.69) is 36.6 Å². The van der Waals surface area contributed by atoms with E-state index in [-0.39, 0.29) is 5.82 Å². The molecule has 1 atom stereocenters. The van der Waals surface area contributed by atoms with E-state index in [1.54, 1.807) is 6.07 Å². The molecule has 15 heteroatoms. The van der Waals surface area contributed by atoms with Crippen LogP contribution in [0.25, 0.3) is 16.5 Å². The fourth-order valence-corrected chi connectivity index (χ4v) is 9.69. The Kier molecular flexibility index (Phi) is 13.7. The third kappa shape index (κ3) is 11.1. The molecule has 1 aliphatic heterocycles. The van der Waals surface area contributed by atoms with E-state index in [4.69, 9.17) is 16.3 Å². The number of aromatic nitrogens is 2. The van der Waals surface area contributed by atoms with Crippen molar-refractivity contribution < 1.29 is 26.3 Å². The van der Waals surface area contributed by atoms with Gasteiger partial charge in [-0.2, -0.15) is 13.2 Å². The van der Waals surface area contributed by atoms with Gasteiger partial charge in [-0.05, 0) is 118 Å². The van der Waals surface area contributed by atoms with Gasteiger partial charge >= 0.3 is 6.18 Å². The van der Waals surface area contributed by atoms with Gasteiger partial charge in [0, 0.05) is 66.0 Å². The molecule has 1 unspecified atom stereocenters. The summed E-state index contributed by atoms with van der Waals surface area (Å²) in [6.45, 7) is 4.92. The fourth-order valence-electron chi connectivity index (χ4n) is 7.55. The van der Waals surface area contributed by atoms with E-state index in [1.165, 1.54) is 47.6 Å². The molecule has 0 bridgehead atoms. The second-order valence-corrected chi connectivity index (χ2v) is 18.4. The number of alkyl halides is 3. The summed E-state index contributed by atoms with van der Waals surface area (Å²) >= 11 is 7.65. The van der Waals surface area contributed by atoms with E-state index in [0.29, 0.717) is 35.7 Å². The van der Waals surface area contributed by atoms with Crippen molar-refractivity contribution in [1.29, 1.82) is 0 Å². The number of nitrogens with one attached hydrogen (secondary N) is 1. The molecule has 312 valence electrons. The number of halogens is 4. The fraction of sp³-hybridized carbons (Fsp3) is 0.364. The van der Waals surface area contributed by atoms with Crippen LogP contribution in [0.3, 0.4) is 0 Å². The average Bonchev–Trinajstić information content (AvgIpc) is 3.22. The maximum absolute atomic E-state index is 14.5. The molecule has 5 aromatic rings. The molecule has 59 heavy (non-hydrogen) atoms. The van der Waals surface area contributed by atoms with Gasteiger partial charge in [-0.25, -0.2) is 18.4 Å². The van der Waals surface area contributed by atoms with Crippen LogP contribution in [0.15, 0.2) is 113 Å². The van der Waals surface area contributed by atoms with Gasteiger partial charge in [-0.1, -0.05) is 47.5 Å². The highest BCUT2D eigenvalue weighted by Crippen LogP contribution is 2.39. The molecule has 1 aliphatic carbocycles. The Labute approximate surface area is 353 Å². The van der Waals surface area contributed by atoms with Gasteiger partial charge in [0.15, 0.2) is 5.82 Å². The molecular weight excluding hydrogens is 817 g/mol. The van der Waals surface area contributed by atoms with Gasteiger partial charge in [0.1, 0.15) is 18.2 Å². The lowest BCUT2D eigenvalue weighted by Gasteiger charge is -2.37. The Bertz CT molecular complexity index is 2360. The van der Waals surface area contributed by atoms with Gasteiger partial charge in [-0.3, -0.25) is 9.62 Å². The van der Waals surface area contributed by atoms with Gasteiger partial charge in [0.05, 0.1) is 16.0 Å². The molecule has 9 nitrogen and oxygen atoms in total. The number of nitrogens with zero attached hydrogens (tertiary/aromatic N) is 5. The first-order chi connectivity index (χ1) is 28.3. The van der Waals surface area contributed by atoms with Crippen LogP contribution in [0.1, 0.15) is 43.2 Å². The van der Waals surface area contributed by atoms with E-state index < -0.39 is 38.5 Å². The second kappa shape index (κ2) is 18.9. The average molecular weight is 865 g/mol. The number of benzene rings is 4. The molecule has 4 aromatic carbocycles. The first-order valence-corrected chi connectivity index (χ1v) is 22.6. The van der Waals surface area contributed by atoms with Crippen LogP contribution in [0, 0.1) is 0 Å². The minimum Gasteiger partial charge on any atom is -0.489 e. The van der Waals surface area contributed by atoms with Crippen molar-refractivity contribution >= 4 is 61.4 Å². The molecule has 7 rings (SSSR count). The highest BCUT2D eigenvalue weighted by Gasteiger charge is 2.37. The van der Waals surface area contributed by atoms with Crippen molar-refractivity contribution in [2.24, 2.45) is 0 Å². The van der Waals surface area contributed by atoms with Gasteiger partial charge in [-0.15, -0.1) is 11.8 Å². The SMILES string of the molecule is CN(C)CCC(CSc1ccccc1)Oc1ccc(S(=O)(=O)Nc2ncnc3cc(N4CCN(CC5=C(c6ccc(Cl)cc6)CCCC5)CC4)ccc23)cc1C(F)(F)F. The summed E-state index contributed by atoms with van der Waals surface area (Å²) < 4.78 is 79.4. The standard InChI is InChI=1S/C44H48ClF3N6O3S2/c1-52(2)21-20-35(29-58-36-9-4-3-5-10-36)57-42-19-17-37(27-40(42)44(46,47)48)59(55,56)51-43-39-18-16-34(26-41(39)49-30-50-43)54-24-22-53(23-25-54)28-32-8-6-7-11-38(32)31-12-14-33(45)15-13-31/h3-5,9-10,12-19,26-27,30,35H,6-8,11,20-25,28-29H2,1-2H3,(H,49,50,51). The number of rotatable bonds is 15. The number of allylic oxidation sites excluding steroid dienone is 1. The Balaban J connectivity index is 1.03. The quantitative estimate of drug-likeness (QED) is 0.103. The van der Waals surface area contributed by atoms with Crippen LogP contribution < -0.4 is 14.4 Å². The first kappa shape index (κ1) is 42.8. The normalized spacial score (nSPS) is 16.2. The molecule has 2 heterocycles. The zero-order valence-electron chi connectivity index (χ0n) is 33.1.